The summed E-state index contributed by atoms with van der Waals surface area (Å²) in [6.07, 6.45) is 1.68. The zero-order chi connectivity index (χ0) is 28.0. The fourth-order valence-electron chi connectivity index (χ4n) is 3.90. The number of methoxy groups -OCH3 is 1. The third-order valence-corrected chi connectivity index (χ3v) is 5.81. The molecule has 13 nitrogen and oxygen atoms in total. The van der Waals surface area contributed by atoms with E-state index in [0.717, 1.165) is 0 Å². The van der Waals surface area contributed by atoms with Crippen molar-refractivity contribution in [1.29, 1.82) is 0 Å². The molecule has 206 valence electrons. The fourth-order valence-corrected chi connectivity index (χ4v) is 3.90. The Balaban J connectivity index is 1.98. The molecule has 0 unspecified atom stereocenters. The van der Waals surface area contributed by atoms with Gasteiger partial charge in [-0.2, -0.15) is 0 Å². The molecule has 3 atom stereocenters. The minimum atomic E-state index is -1.06. The first-order valence-electron chi connectivity index (χ1n) is 12.3. The summed E-state index contributed by atoms with van der Waals surface area (Å²) in [6.45, 7) is 7.05. The number of benzene rings is 1. The quantitative estimate of drug-likeness (QED) is 0.458. The fraction of sp³-hybridized carbons (Fsp3) is 0.520. The summed E-state index contributed by atoms with van der Waals surface area (Å²) < 4.78 is 12.4. The number of alkyl carbamates (subject to hydrolysis) is 1. The van der Waals surface area contributed by atoms with Crippen LogP contribution in [0.2, 0.25) is 0 Å². The molecule has 2 heterocycles. The molecule has 0 aliphatic carbocycles. The molecule has 13 heteroatoms. The Kier molecular flexibility index (Phi) is 8.92. The molecule has 0 saturated heterocycles. The topological polar surface area (TPSA) is 166 Å². The Morgan fingerprint density at radius 1 is 1.16 bits per heavy atom. The van der Waals surface area contributed by atoms with E-state index in [0.29, 0.717) is 35.5 Å². The van der Waals surface area contributed by atoms with Crippen LogP contribution in [-0.2, 0) is 25.7 Å². The number of nitrogens with zero attached hydrogens (tertiary/aromatic N) is 3. The van der Waals surface area contributed by atoms with Crippen molar-refractivity contribution in [3.8, 4) is 17.0 Å². The van der Waals surface area contributed by atoms with Crippen LogP contribution < -0.4 is 26.0 Å². The minimum Gasteiger partial charge on any atom is -0.496 e. The number of hydrogen-bond acceptors (Lipinski definition) is 8. The minimum absolute atomic E-state index is 0.244. The van der Waals surface area contributed by atoms with Gasteiger partial charge in [0.15, 0.2) is 0 Å². The van der Waals surface area contributed by atoms with Crippen molar-refractivity contribution >= 4 is 23.8 Å². The average Bonchev–Trinajstić information content (AvgIpc) is 3.32. The number of aryl methyl sites for hydroxylation is 1. The van der Waals surface area contributed by atoms with Gasteiger partial charge in [-0.15, -0.1) is 5.10 Å². The van der Waals surface area contributed by atoms with Gasteiger partial charge in [0.25, 0.3) is 0 Å². The molecule has 0 spiro atoms. The van der Waals surface area contributed by atoms with Gasteiger partial charge in [-0.05, 0) is 58.2 Å². The maximum Gasteiger partial charge on any atom is 0.408 e. The first-order valence-corrected chi connectivity index (χ1v) is 12.3. The molecule has 4 amide bonds. The maximum absolute atomic E-state index is 13.1. The van der Waals surface area contributed by atoms with Crippen molar-refractivity contribution in [2.24, 2.45) is 0 Å². The van der Waals surface area contributed by atoms with E-state index >= 15 is 0 Å². The highest BCUT2D eigenvalue weighted by Gasteiger charge is 2.30. The Labute approximate surface area is 221 Å². The van der Waals surface area contributed by atoms with Crippen LogP contribution in [0.15, 0.2) is 24.4 Å². The van der Waals surface area contributed by atoms with E-state index in [1.165, 1.54) is 21.1 Å². The number of rotatable bonds is 3. The molecule has 1 aromatic carbocycles. The van der Waals surface area contributed by atoms with Crippen molar-refractivity contribution < 1.29 is 28.7 Å². The van der Waals surface area contributed by atoms with Crippen LogP contribution in [0.25, 0.3) is 11.3 Å². The highest BCUT2D eigenvalue weighted by atomic mass is 16.6. The van der Waals surface area contributed by atoms with E-state index in [1.807, 2.05) is 0 Å². The molecular formula is C25H35N7O6. The number of aromatic nitrogens is 3. The number of nitrogens with one attached hydrogen (secondary N) is 4. The molecule has 38 heavy (non-hydrogen) atoms. The number of carbonyl (C=O) groups is 4. The van der Waals surface area contributed by atoms with Crippen LogP contribution in [0.5, 0.6) is 5.75 Å². The second kappa shape index (κ2) is 11.9. The molecule has 3 rings (SSSR count). The van der Waals surface area contributed by atoms with Gasteiger partial charge in [0.05, 0.1) is 13.3 Å². The zero-order valence-electron chi connectivity index (χ0n) is 22.5. The first kappa shape index (κ1) is 28.4. The summed E-state index contributed by atoms with van der Waals surface area (Å²) in [5, 5.41) is 18.9. The highest BCUT2D eigenvalue weighted by molar-refractivity contribution is 5.94. The Morgan fingerprint density at radius 3 is 2.55 bits per heavy atom. The lowest BCUT2D eigenvalue weighted by molar-refractivity contribution is -0.132. The predicted molar refractivity (Wildman–Crippen MR) is 137 cm³/mol. The molecule has 0 radical (unpaired) electrons. The number of amides is 4. The monoisotopic (exact) mass is 529 g/mol. The van der Waals surface area contributed by atoms with Crippen LogP contribution >= 0.6 is 0 Å². The summed E-state index contributed by atoms with van der Waals surface area (Å²) in [5.41, 5.74) is 0.831. The third kappa shape index (κ3) is 7.20. The van der Waals surface area contributed by atoms with Crippen molar-refractivity contribution in [3.05, 3.63) is 30.0 Å². The van der Waals surface area contributed by atoms with E-state index < -0.39 is 47.5 Å². The van der Waals surface area contributed by atoms with Crippen molar-refractivity contribution in [2.75, 3.05) is 14.2 Å². The van der Waals surface area contributed by atoms with E-state index in [2.05, 4.69) is 31.6 Å². The number of hydrogen-bond donors (Lipinski definition) is 4. The lowest BCUT2D eigenvalue weighted by Gasteiger charge is -2.25. The van der Waals surface area contributed by atoms with E-state index in [4.69, 9.17) is 9.47 Å². The van der Waals surface area contributed by atoms with Crippen LogP contribution in [0.3, 0.4) is 0 Å². The van der Waals surface area contributed by atoms with Crippen LogP contribution in [-0.4, -0.2) is 70.7 Å². The SMILES string of the molecule is CNC(=O)[C@H]1NC(=O)[C@@H](C)NC(=O)[C@@H](NC(=O)OC(C)(C)C)CCCn2cc(nn2)-c2cc1ccc2OC. The summed E-state index contributed by atoms with van der Waals surface area (Å²) in [5.74, 6) is -1.08. The summed E-state index contributed by atoms with van der Waals surface area (Å²) in [7, 11) is 2.98. The van der Waals surface area contributed by atoms with Gasteiger partial charge < -0.3 is 30.7 Å². The number of ether oxygens (including phenoxy) is 2. The maximum atomic E-state index is 13.1. The van der Waals surface area contributed by atoms with E-state index in [1.54, 1.807) is 49.8 Å². The molecule has 2 aromatic rings. The third-order valence-electron chi connectivity index (χ3n) is 5.81. The van der Waals surface area contributed by atoms with E-state index in [9.17, 15) is 19.2 Å². The van der Waals surface area contributed by atoms with Crippen LogP contribution in [0.4, 0.5) is 4.79 Å². The molecule has 0 fully saturated rings. The second-order valence-electron chi connectivity index (χ2n) is 9.95. The Bertz CT molecular complexity index is 1190. The zero-order valence-corrected chi connectivity index (χ0v) is 22.5. The lowest BCUT2D eigenvalue weighted by atomic mass is 10.0. The van der Waals surface area contributed by atoms with Gasteiger partial charge in [-0.1, -0.05) is 11.3 Å². The van der Waals surface area contributed by atoms with Gasteiger partial charge in [-0.25, -0.2) is 4.79 Å². The Morgan fingerprint density at radius 2 is 1.89 bits per heavy atom. The van der Waals surface area contributed by atoms with Gasteiger partial charge >= 0.3 is 6.09 Å². The average molecular weight is 530 g/mol. The van der Waals surface area contributed by atoms with Crippen molar-refractivity contribution in [2.45, 2.75) is 70.8 Å². The number of fused-ring (bicyclic) bond motifs is 5. The van der Waals surface area contributed by atoms with Crippen molar-refractivity contribution in [1.82, 2.24) is 36.3 Å². The molecule has 4 bridgehead atoms. The molecular weight excluding hydrogens is 494 g/mol. The molecule has 1 aliphatic rings. The summed E-state index contributed by atoms with van der Waals surface area (Å²) >= 11 is 0. The molecule has 1 aliphatic heterocycles. The summed E-state index contributed by atoms with van der Waals surface area (Å²) in [6, 6.07) is 2.03. The number of likely N-dealkylation sites (N-methyl/N-ethyl adjacent to an activating group) is 1. The second-order valence-corrected chi connectivity index (χ2v) is 9.95. The summed E-state index contributed by atoms with van der Waals surface area (Å²) in [4.78, 5) is 51.3. The standard InChI is InChI=1S/C25H35N7O6/c1-14-21(33)29-20(23(35)26-5)15-9-10-19(37-6)16(12-15)18-13-32(31-30-18)11-7-8-17(22(34)27-14)28-24(36)38-25(2,3)4/h9-10,12-14,17,20H,7-8,11H2,1-6H3,(H,26,35)(H,27,34)(H,28,36)(H,29,33)/t14-,17+,20+/m1/s1. The lowest BCUT2D eigenvalue weighted by Crippen LogP contribution is -2.54. The van der Waals surface area contributed by atoms with Gasteiger partial charge in [-0.3, -0.25) is 19.1 Å². The predicted octanol–water partition coefficient (Wildman–Crippen LogP) is 1.05. The molecule has 0 saturated carbocycles. The van der Waals surface area contributed by atoms with Crippen LogP contribution in [0.1, 0.15) is 52.1 Å². The Hall–Kier alpha value is -4.16. The first-order chi connectivity index (χ1) is 17.9. The van der Waals surface area contributed by atoms with Gasteiger partial charge in [0.1, 0.15) is 35.2 Å². The van der Waals surface area contributed by atoms with Crippen molar-refractivity contribution in [3.63, 3.8) is 0 Å². The molecule has 4 N–H and O–H groups in total. The van der Waals surface area contributed by atoms with Gasteiger partial charge in [0.2, 0.25) is 17.7 Å². The highest BCUT2D eigenvalue weighted by Crippen LogP contribution is 2.31. The molecule has 1 aromatic heterocycles. The smallest absolute Gasteiger partial charge is 0.408 e. The van der Waals surface area contributed by atoms with Crippen LogP contribution in [0, 0.1) is 0 Å². The normalized spacial score (nSPS) is 20.5. The van der Waals surface area contributed by atoms with Gasteiger partial charge in [0, 0.05) is 19.2 Å². The number of carbonyl (C=O) groups excluding carboxylic acids is 4. The largest absolute Gasteiger partial charge is 0.496 e. The van der Waals surface area contributed by atoms with E-state index in [-0.39, 0.29) is 6.42 Å².